The van der Waals surface area contributed by atoms with Crippen LogP contribution in [0.4, 0.5) is 8.78 Å². The molecule has 14 heavy (non-hydrogen) atoms. The zero-order valence-corrected chi connectivity index (χ0v) is 8.75. The first-order chi connectivity index (χ1) is 6.68. The molecule has 1 saturated carbocycles. The summed E-state index contributed by atoms with van der Waals surface area (Å²) in [6.45, 7) is 1.19. The van der Waals surface area contributed by atoms with Crippen LogP contribution >= 0.6 is 11.8 Å². The average Bonchev–Trinajstić information content (AvgIpc) is 2.71. The minimum absolute atomic E-state index is 0.0545. The van der Waals surface area contributed by atoms with Gasteiger partial charge < -0.3 is 5.32 Å². The van der Waals surface area contributed by atoms with Gasteiger partial charge in [-0.2, -0.15) is 0 Å². The van der Waals surface area contributed by atoms with E-state index < -0.39 is 11.8 Å². The van der Waals surface area contributed by atoms with E-state index in [2.05, 4.69) is 10.3 Å². The van der Waals surface area contributed by atoms with Gasteiger partial charge in [-0.1, -0.05) is 11.8 Å². The molecule has 0 amide bonds. The van der Waals surface area contributed by atoms with E-state index in [0.29, 0.717) is 19.4 Å². The maximum atomic E-state index is 13.2. The van der Waals surface area contributed by atoms with E-state index in [0.717, 1.165) is 17.5 Å². The van der Waals surface area contributed by atoms with Gasteiger partial charge in [-0.25, -0.2) is 8.78 Å². The molecule has 0 saturated heterocycles. The first-order valence-electron chi connectivity index (χ1n) is 4.97. The molecule has 1 fully saturated rings. The van der Waals surface area contributed by atoms with E-state index in [1.807, 2.05) is 0 Å². The average molecular weight is 220 g/mol. The molecule has 5 heteroatoms. The summed E-state index contributed by atoms with van der Waals surface area (Å²) < 4.78 is 26.4. The van der Waals surface area contributed by atoms with Gasteiger partial charge in [0.15, 0.2) is 5.17 Å². The standard InChI is InChI=1S/C9H14F2N2S/c10-9(11)3-1-2-7(9)6-13-8-12-4-5-14-8/h7H,1-6H2,(H,12,13). The fourth-order valence-corrected chi connectivity index (χ4v) is 2.65. The molecule has 0 aromatic rings. The number of hydrogen-bond acceptors (Lipinski definition) is 3. The third-order valence-corrected chi connectivity index (χ3v) is 3.68. The molecular weight excluding hydrogens is 206 g/mol. The van der Waals surface area contributed by atoms with Crippen molar-refractivity contribution in [2.45, 2.75) is 25.2 Å². The van der Waals surface area contributed by atoms with Crippen LogP contribution in [0.1, 0.15) is 19.3 Å². The highest BCUT2D eigenvalue weighted by Gasteiger charge is 2.43. The minimum atomic E-state index is -2.46. The van der Waals surface area contributed by atoms with Gasteiger partial charge in [0.05, 0.1) is 6.54 Å². The fourth-order valence-electron chi connectivity index (χ4n) is 1.90. The molecule has 1 aliphatic heterocycles. The number of alkyl halides is 2. The molecule has 0 aromatic carbocycles. The summed E-state index contributed by atoms with van der Waals surface area (Å²) in [7, 11) is 0. The molecule has 2 aliphatic rings. The summed E-state index contributed by atoms with van der Waals surface area (Å²) in [4.78, 5) is 4.17. The van der Waals surface area contributed by atoms with Crippen molar-refractivity contribution in [2.75, 3.05) is 18.8 Å². The lowest BCUT2D eigenvalue weighted by atomic mass is 10.1. The van der Waals surface area contributed by atoms with Gasteiger partial charge in [-0.15, -0.1) is 0 Å². The second-order valence-corrected chi connectivity index (χ2v) is 4.85. The van der Waals surface area contributed by atoms with Crippen LogP contribution < -0.4 is 5.32 Å². The van der Waals surface area contributed by atoms with Crippen LogP contribution in [0, 0.1) is 5.92 Å². The number of rotatable bonds is 2. The summed E-state index contributed by atoms with van der Waals surface area (Å²) in [6, 6.07) is 0. The molecule has 1 unspecified atom stereocenters. The summed E-state index contributed by atoms with van der Waals surface area (Å²) in [5, 5.41) is 3.85. The van der Waals surface area contributed by atoms with Crippen molar-refractivity contribution in [1.29, 1.82) is 0 Å². The van der Waals surface area contributed by atoms with E-state index >= 15 is 0 Å². The number of aliphatic imine (C=N–C) groups is 1. The largest absolute Gasteiger partial charge is 0.364 e. The molecule has 0 aromatic heterocycles. The number of halogens is 2. The molecule has 0 spiro atoms. The SMILES string of the molecule is FC1(F)CCCC1CNC1=NCCS1. The van der Waals surface area contributed by atoms with Crippen LogP contribution in [0.15, 0.2) is 4.99 Å². The third-order valence-electron chi connectivity index (χ3n) is 2.75. The van der Waals surface area contributed by atoms with Gasteiger partial charge in [0.25, 0.3) is 5.92 Å². The van der Waals surface area contributed by atoms with Crippen LogP contribution in [0.25, 0.3) is 0 Å². The molecular formula is C9H14F2N2S. The highest BCUT2D eigenvalue weighted by atomic mass is 32.2. The van der Waals surface area contributed by atoms with Gasteiger partial charge in [0.1, 0.15) is 0 Å². The van der Waals surface area contributed by atoms with Crippen molar-refractivity contribution in [3.8, 4) is 0 Å². The topological polar surface area (TPSA) is 24.4 Å². The maximum absolute atomic E-state index is 13.2. The Bertz CT molecular complexity index is 243. The molecule has 1 N–H and O–H groups in total. The highest BCUT2D eigenvalue weighted by molar-refractivity contribution is 8.14. The van der Waals surface area contributed by atoms with Crippen molar-refractivity contribution >= 4 is 16.9 Å². The van der Waals surface area contributed by atoms with Crippen molar-refractivity contribution in [1.82, 2.24) is 5.32 Å². The number of amidine groups is 1. The first-order valence-corrected chi connectivity index (χ1v) is 5.96. The van der Waals surface area contributed by atoms with E-state index in [4.69, 9.17) is 0 Å². The normalized spacial score (nSPS) is 30.4. The molecule has 0 radical (unpaired) electrons. The van der Waals surface area contributed by atoms with Crippen LogP contribution in [0.5, 0.6) is 0 Å². The first kappa shape index (κ1) is 10.2. The summed E-state index contributed by atoms with van der Waals surface area (Å²) in [5.41, 5.74) is 0. The lowest BCUT2D eigenvalue weighted by molar-refractivity contribution is -0.0344. The van der Waals surface area contributed by atoms with Crippen LogP contribution in [0.2, 0.25) is 0 Å². The molecule has 1 atom stereocenters. The van der Waals surface area contributed by atoms with Gasteiger partial charge in [-0.05, 0) is 12.8 Å². The van der Waals surface area contributed by atoms with E-state index in [1.54, 1.807) is 11.8 Å². The summed E-state index contributed by atoms with van der Waals surface area (Å²) in [6.07, 6.45) is 1.34. The monoisotopic (exact) mass is 220 g/mol. The maximum Gasteiger partial charge on any atom is 0.252 e. The Morgan fingerprint density at radius 1 is 1.57 bits per heavy atom. The Balaban J connectivity index is 1.80. The van der Waals surface area contributed by atoms with Gasteiger partial charge in [-0.3, -0.25) is 4.99 Å². The van der Waals surface area contributed by atoms with Gasteiger partial charge in [0.2, 0.25) is 0 Å². The number of nitrogens with zero attached hydrogens (tertiary/aromatic N) is 1. The van der Waals surface area contributed by atoms with Crippen molar-refractivity contribution < 1.29 is 8.78 Å². The highest BCUT2D eigenvalue weighted by Crippen LogP contribution is 2.39. The van der Waals surface area contributed by atoms with E-state index in [-0.39, 0.29) is 6.42 Å². The number of nitrogens with one attached hydrogen (secondary N) is 1. The molecule has 1 heterocycles. The molecule has 0 bridgehead atoms. The Kier molecular flexibility index (Phi) is 2.95. The smallest absolute Gasteiger partial charge is 0.252 e. The molecule has 2 rings (SSSR count). The Labute approximate surface area is 86.5 Å². The summed E-state index contributed by atoms with van der Waals surface area (Å²) in [5.74, 6) is -1.98. The zero-order chi connectivity index (χ0) is 10.0. The fraction of sp³-hybridized carbons (Fsp3) is 0.889. The molecule has 80 valence electrons. The number of thioether (sulfide) groups is 1. The van der Waals surface area contributed by atoms with E-state index in [1.165, 1.54) is 0 Å². The number of hydrogen-bond donors (Lipinski definition) is 1. The second kappa shape index (κ2) is 4.04. The van der Waals surface area contributed by atoms with Crippen LogP contribution in [-0.4, -0.2) is 29.9 Å². The van der Waals surface area contributed by atoms with E-state index in [9.17, 15) is 8.78 Å². The second-order valence-electron chi connectivity index (χ2n) is 3.77. The third kappa shape index (κ3) is 2.19. The van der Waals surface area contributed by atoms with Crippen molar-refractivity contribution in [3.05, 3.63) is 0 Å². The lowest BCUT2D eigenvalue weighted by Crippen LogP contribution is -2.34. The zero-order valence-electron chi connectivity index (χ0n) is 7.93. The Hall–Kier alpha value is -0.320. The van der Waals surface area contributed by atoms with Gasteiger partial charge in [0, 0.05) is 24.6 Å². The minimum Gasteiger partial charge on any atom is -0.364 e. The molecule has 1 aliphatic carbocycles. The summed E-state index contributed by atoms with van der Waals surface area (Å²) >= 11 is 1.62. The predicted molar refractivity (Wildman–Crippen MR) is 55.1 cm³/mol. The Morgan fingerprint density at radius 3 is 3.00 bits per heavy atom. The lowest BCUT2D eigenvalue weighted by Gasteiger charge is -2.19. The van der Waals surface area contributed by atoms with Crippen molar-refractivity contribution in [2.24, 2.45) is 10.9 Å². The quantitative estimate of drug-likeness (QED) is 0.770. The predicted octanol–water partition coefficient (Wildman–Crippen LogP) is 2.11. The van der Waals surface area contributed by atoms with Gasteiger partial charge >= 0.3 is 0 Å². The van der Waals surface area contributed by atoms with Crippen molar-refractivity contribution in [3.63, 3.8) is 0 Å². The van der Waals surface area contributed by atoms with Crippen LogP contribution in [0.3, 0.4) is 0 Å². The molecule has 2 nitrogen and oxygen atoms in total. The van der Waals surface area contributed by atoms with Crippen LogP contribution in [-0.2, 0) is 0 Å². The Morgan fingerprint density at radius 2 is 2.43 bits per heavy atom.